The SMILES string of the molecule is [2H]c1c([2H])c([2H])c(-c2c([2H])c([2H])c(N(c3c([2H])c([2H])c4c(c3C)C3(c5c(C)c([2H])c([2H])c([2H])c5-c5c([2H])c([2H])c([2H])c(C)c53)c3c(C)c([2H])c([2H])c(C)c3-4)c3c([2H])c([2H])c4oc5c6c(C)c(C)c([2H])c(C)c6c(-c6c(C)c([2H])c(C)c(C)c6C)c(C)c5c4c3C)c([2H])c2[2H])c([2H])c1[2H]. The lowest BCUT2D eigenvalue weighted by Gasteiger charge is -2.37. The van der Waals surface area contributed by atoms with Gasteiger partial charge in [0, 0.05) is 33.2 Å². The van der Waals surface area contributed by atoms with E-state index < -0.39 is 143 Å². The molecule has 2 heteroatoms. The van der Waals surface area contributed by atoms with Gasteiger partial charge in [-0.3, -0.25) is 0 Å². The Morgan fingerprint density at radius 3 is 1.60 bits per heavy atom. The minimum Gasteiger partial charge on any atom is -0.455 e. The number of hydrogen-bond donors (Lipinski definition) is 0. The van der Waals surface area contributed by atoms with E-state index in [1.54, 1.807) is 41.5 Å². The molecule has 0 atom stereocenters. The monoisotopic (exact) mass is 995 g/mol. The highest BCUT2D eigenvalue weighted by Gasteiger charge is 2.55. The van der Waals surface area contributed by atoms with Crippen LogP contribution in [0.5, 0.6) is 0 Å². The van der Waals surface area contributed by atoms with Crippen molar-refractivity contribution in [1.29, 1.82) is 0 Å². The number of hydrogen-bond acceptors (Lipinski definition) is 2. The number of anilines is 3. The second-order valence-corrected chi connectivity index (χ2v) is 20.5. The standard InChI is InChI=1S/C73H65NO/c1-38-26-27-41(4)70-62(38)57-32-33-59(50(13)71(57)73(70)68-39(2)20-18-24-55(68)56-25-19-21-40(3)69(56)73)74(54-30-28-53(29-31-54)52-22-16-15-17-23-52)58-34-35-60-64(49(58)12)67-51(14)65(61-44(7)36-42(5)46(9)48(61)11)63-45(8)37-43(6)47(10)66(63)72(67)75-60/h15-37H,1-14H3/i15D,16D,17D,18D,19D,20D,21D,22D,23D,24D,25D,26D,27D,28D,29D,30D,31D,32D,33D,34D,35D,36D,37D. The molecule has 0 aliphatic heterocycles. The van der Waals surface area contributed by atoms with Crippen LogP contribution in [0.2, 0.25) is 0 Å². The van der Waals surface area contributed by atoms with Crippen molar-refractivity contribution in [3.8, 4) is 44.5 Å². The van der Waals surface area contributed by atoms with Gasteiger partial charge in [0.1, 0.15) is 11.2 Å². The summed E-state index contributed by atoms with van der Waals surface area (Å²) in [4.78, 5) is 1.11. The number of fused-ring (bicyclic) bond motifs is 15. The quantitative estimate of drug-likeness (QED) is 0.171. The molecule has 368 valence electrons. The van der Waals surface area contributed by atoms with Crippen LogP contribution in [0.25, 0.3) is 77.2 Å². The van der Waals surface area contributed by atoms with E-state index in [1.807, 2.05) is 55.4 Å². The van der Waals surface area contributed by atoms with Crippen LogP contribution in [-0.4, -0.2) is 0 Å². The molecule has 0 unspecified atom stereocenters. The van der Waals surface area contributed by atoms with Crippen LogP contribution in [0.15, 0.2) is 143 Å². The minimum atomic E-state index is -2.07. The molecule has 2 aliphatic rings. The van der Waals surface area contributed by atoms with Crippen molar-refractivity contribution in [3.63, 3.8) is 0 Å². The Kier molecular flexibility index (Phi) is 6.19. The van der Waals surface area contributed by atoms with Crippen molar-refractivity contribution in [2.45, 2.75) is 102 Å². The number of furan rings is 1. The molecule has 75 heavy (non-hydrogen) atoms. The molecule has 0 amide bonds. The first-order valence-corrected chi connectivity index (χ1v) is 25.1. The van der Waals surface area contributed by atoms with E-state index in [0.29, 0.717) is 55.6 Å². The predicted octanol–water partition coefficient (Wildman–Crippen LogP) is 20.2. The van der Waals surface area contributed by atoms with Crippen LogP contribution >= 0.6 is 0 Å². The molecule has 2 aliphatic carbocycles. The molecule has 1 spiro atoms. The summed E-state index contributed by atoms with van der Waals surface area (Å²) in [6, 6.07) is -13.2. The van der Waals surface area contributed by atoms with Crippen LogP contribution in [-0.2, 0) is 5.41 Å². The van der Waals surface area contributed by atoms with E-state index in [4.69, 9.17) is 11.3 Å². The van der Waals surface area contributed by atoms with Gasteiger partial charge < -0.3 is 9.32 Å². The molecular formula is C73H65NO. The average molecular weight is 995 g/mol. The molecule has 0 saturated carbocycles. The summed E-state index contributed by atoms with van der Waals surface area (Å²) in [7, 11) is 0. The number of aryl methyl sites for hydroxylation is 4. The predicted molar refractivity (Wildman–Crippen MR) is 319 cm³/mol. The van der Waals surface area contributed by atoms with Crippen LogP contribution in [0.3, 0.4) is 0 Å². The van der Waals surface area contributed by atoms with Gasteiger partial charge in [-0.1, -0.05) is 109 Å². The molecule has 0 radical (unpaired) electrons. The lowest BCUT2D eigenvalue weighted by atomic mass is 9.66. The van der Waals surface area contributed by atoms with Crippen molar-refractivity contribution < 1.29 is 35.9 Å². The van der Waals surface area contributed by atoms with Gasteiger partial charge in [-0.25, -0.2) is 0 Å². The van der Waals surface area contributed by atoms with Crippen molar-refractivity contribution in [2.24, 2.45) is 0 Å². The number of benzene rings is 10. The molecule has 11 aromatic rings. The first-order valence-electron chi connectivity index (χ1n) is 36.6. The molecule has 0 fully saturated rings. The van der Waals surface area contributed by atoms with E-state index in [-0.39, 0.29) is 118 Å². The molecule has 1 aromatic heterocycles. The molecular weight excluding hydrogens is 907 g/mol. The van der Waals surface area contributed by atoms with Crippen molar-refractivity contribution in [1.82, 2.24) is 0 Å². The largest absolute Gasteiger partial charge is 0.455 e. The summed E-state index contributed by atoms with van der Waals surface area (Å²) in [5.74, 6) is 0. The topological polar surface area (TPSA) is 16.4 Å². The third kappa shape index (κ3) is 6.20. The summed E-state index contributed by atoms with van der Waals surface area (Å²) < 4.78 is 229. The molecule has 0 saturated heterocycles. The lowest BCUT2D eigenvalue weighted by Crippen LogP contribution is -2.30. The van der Waals surface area contributed by atoms with Crippen molar-refractivity contribution in [2.75, 3.05) is 4.90 Å². The zero-order chi connectivity index (χ0) is 72.3. The molecule has 0 bridgehead atoms. The van der Waals surface area contributed by atoms with Gasteiger partial charge in [-0.05, 0) is 277 Å². The summed E-state index contributed by atoms with van der Waals surface area (Å²) in [6.45, 7) is 24.5. The van der Waals surface area contributed by atoms with Crippen LogP contribution in [0, 0.1) is 96.9 Å². The highest BCUT2D eigenvalue weighted by atomic mass is 16.3. The zero-order valence-corrected chi connectivity index (χ0v) is 44.4. The van der Waals surface area contributed by atoms with Gasteiger partial charge in [0.25, 0.3) is 0 Å². The first kappa shape index (κ1) is 28.1. The van der Waals surface area contributed by atoms with Crippen molar-refractivity contribution in [3.05, 3.63) is 239 Å². The fraction of sp³-hybridized carbons (Fsp3) is 0.205. The van der Waals surface area contributed by atoms with Crippen molar-refractivity contribution >= 4 is 49.8 Å². The second kappa shape index (κ2) is 16.5. The maximum Gasteiger partial charge on any atom is 0.143 e. The van der Waals surface area contributed by atoms with Crippen LogP contribution in [0.4, 0.5) is 17.1 Å². The highest BCUT2D eigenvalue weighted by Crippen LogP contribution is 2.67. The molecule has 2 nitrogen and oxygen atoms in total. The lowest BCUT2D eigenvalue weighted by molar-refractivity contribution is 0.672. The molecule has 10 aromatic carbocycles. The third-order valence-electron chi connectivity index (χ3n) is 16.5. The van der Waals surface area contributed by atoms with E-state index >= 15 is 0 Å². The van der Waals surface area contributed by atoms with Gasteiger partial charge in [-0.2, -0.15) is 0 Å². The molecule has 0 N–H and O–H groups in total. The summed E-state index contributed by atoms with van der Waals surface area (Å²) in [5, 5.41) is 1.88. The minimum absolute atomic E-state index is 0.00474. The van der Waals surface area contributed by atoms with Gasteiger partial charge in [0.05, 0.1) is 36.9 Å². The Balaban J connectivity index is 1.30. The Bertz CT molecular complexity index is 5530. The summed E-state index contributed by atoms with van der Waals surface area (Å²) in [5.41, 5.74) is 3.54. The average Bonchev–Trinajstić information content (AvgIpc) is 1.47. The highest BCUT2D eigenvalue weighted by molar-refractivity contribution is 6.24. The van der Waals surface area contributed by atoms with E-state index in [1.165, 1.54) is 0 Å². The zero-order valence-electron chi connectivity index (χ0n) is 67.4. The van der Waals surface area contributed by atoms with Gasteiger partial charge in [-0.15, -0.1) is 0 Å². The summed E-state index contributed by atoms with van der Waals surface area (Å²) in [6.07, 6.45) is 0. The first-order chi connectivity index (χ1) is 45.7. The summed E-state index contributed by atoms with van der Waals surface area (Å²) >= 11 is 0. The third-order valence-corrected chi connectivity index (χ3v) is 16.5. The Hall–Kier alpha value is -7.94. The Morgan fingerprint density at radius 1 is 0.347 bits per heavy atom. The Labute approximate surface area is 475 Å². The second-order valence-electron chi connectivity index (χ2n) is 20.5. The number of rotatable bonds is 5. The fourth-order valence-electron chi connectivity index (χ4n) is 13.0. The molecule has 13 rings (SSSR count). The maximum absolute atomic E-state index is 10.7. The smallest absolute Gasteiger partial charge is 0.143 e. The fourth-order valence-corrected chi connectivity index (χ4v) is 13.0. The Morgan fingerprint density at radius 2 is 0.920 bits per heavy atom. The van der Waals surface area contributed by atoms with E-state index in [0.717, 1.165) is 27.2 Å². The number of nitrogens with zero attached hydrogens (tertiary/aromatic N) is 1. The van der Waals surface area contributed by atoms with Crippen LogP contribution < -0.4 is 4.90 Å². The van der Waals surface area contributed by atoms with Gasteiger partial charge >= 0.3 is 0 Å². The maximum atomic E-state index is 10.7. The van der Waals surface area contributed by atoms with Gasteiger partial charge in [0.2, 0.25) is 0 Å². The van der Waals surface area contributed by atoms with E-state index in [2.05, 4.69) is 0 Å². The molecule has 1 heterocycles. The van der Waals surface area contributed by atoms with E-state index in [9.17, 15) is 24.7 Å². The van der Waals surface area contributed by atoms with Crippen LogP contribution in [0.1, 0.15) is 132 Å². The normalized spacial score (nSPS) is 17.3. The van der Waals surface area contributed by atoms with Gasteiger partial charge in [0.15, 0.2) is 0 Å².